The van der Waals surface area contributed by atoms with Gasteiger partial charge in [-0.1, -0.05) is 0 Å². The quantitative estimate of drug-likeness (QED) is 0.927. The van der Waals surface area contributed by atoms with E-state index in [9.17, 15) is 9.59 Å². The van der Waals surface area contributed by atoms with Crippen molar-refractivity contribution in [3.63, 3.8) is 0 Å². The first-order valence-corrected chi connectivity index (χ1v) is 8.28. The van der Waals surface area contributed by atoms with Gasteiger partial charge in [-0.25, -0.2) is 9.50 Å². The molecule has 128 valence electrons. The van der Waals surface area contributed by atoms with Gasteiger partial charge in [-0.2, -0.15) is 5.10 Å². The van der Waals surface area contributed by atoms with Crippen molar-refractivity contribution in [3.8, 4) is 0 Å². The second-order valence-corrected chi connectivity index (χ2v) is 6.50. The van der Waals surface area contributed by atoms with E-state index in [1.165, 1.54) is 0 Å². The van der Waals surface area contributed by atoms with E-state index < -0.39 is 5.97 Å². The number of likely N-dealkylation sites (tertiary alicyclic amines) is 1. The number of aryl methyl sites for hydroxylation is 2. The lowest BCUT2D eigenvalue weighted by molar-refractivity contribution is -0.137. The standard InChI is InChI=1S/C17H22N4O3/c1-11-8-15-18-9-14(12(2)21(15)19-11)17(24)20-7-3-4-13(10-20)5-6-16(22)23/h8-9,13H,3-7,10H2,1-2H3,(H,22,23). The average molecular weight is 330 g/mol. The molecule has 1 aliphatic rings. The second kappa shape index (κ2) is 6.59. The van der Waals surface area contributed by atoms with Crippen molar-refractivity contribution in [2.45, 2.75) is 39.5 Å². The Kier molecular flexibility index (Phi) is 4.51. The summed E-state index contributed by atoms with van der Waals surface area (Å²) in [5, 5.41) is 13.2. The Labute approximate surface area is 140 Å². The van der Waals surface area contributed by atoms with Crippen LogP contribution in [0.3, 0.4) is 0 Å². The SMILES string of the molecule is Cc1cc2ncc(C(=O)N3CCCC(CCC(=O)O)C3)c(C)n2n1. The highest BCUT2D eigenvalue weighted by Gasteiger charge is 2.26. The largest absolute Gasteiger partial charge is 0.481 e. The zero-order chi connectivity index (χ0) is 17.3. The van der Waals surface area contributed by atoms with E-state index >= 15 is 0 Å². The summed E-state index contributed by atoms with van der Waals surface area (Å²) in [6, 6.07) is 1.88. The minimum atomic E-state index is -0.780. The summed E-state index contributed by atoms with van der Waals surface area (Å²) in [5.74, 6) is -0.573. The summed E-state index contributed by atoms with van der Waals surface area (Å²) in [6.07, 6.45) is 4.28. The molecule has 0 radical (unpaired) electrons. The Bertz CT molecular complexity index is 783. The zero-order valence-electron chi connectivity index (χ0n) is 14.0. The maximum absolute atomic E-state index is 12.9. The third kappa shape index (κ3) is 3.25. The normalized spacial score (nSPS) is 18.1. The van der Waals surface area contributed by atoms with Gasteiger partial charge in [0.25, 0.3) is 5.91 Å². The van der Waals surface area contributed by atoms with E-state index in [-0.39, 0.29) is 18.2 Å². The lowest BCUT2D eigenvalue weighted by Gasteiger charge is -2.33. The topological polar surface area (TPSA) is 87.8 Å². The molecular formula is C17H22N4O3. The highest BCUT2D eigenvalue weighted by atomic mass is 16.4. The monoisotopic (exact) mass is 330 g/mol. The number of amides is 1. The number of carboxylic acids is 1. The van der Waals surface area contributed by atoms with Gasteiger partial charge >= 0.3 is 5.97 Å². The van der Waals surface area contributed by atoms with Crippen LogP contribution in [-0.4, -0.2) is 49.6 Å². The van der Waals surface area contributed by atoms with Gasteiger partial charge in [0.15, 0.2) is 5.65 Å². The van der Waals surface area contributed by atoms with Crippen LogP contribution in [0, 0.1) is 19.8 Å². The average Bonchev–Trinajstić information content (AvgIpc) is 2.94. The molecule has 3 rings (SSSR count). The third-order valence-electron chi connectivity index (χ3n) is 4.65. The molecule has 1 N–H and O–H groups in total. The molecule has 1 atom stereocenters. The van der Waals surface area contributed by atoms with Gasteiger partial charge in [-0.15, -0.1) is 0 Å². The molecule has 2 aromatic rings. The van der Waals surface area contributed by atoms with Gasteiger partial charge < -0.3 is 10.0 Å². The molecule has 1 fully saturated rings. The first kappa shape index (κ1) is 16.4. The van der Waals surface area contributed by atoms with Crippen molar-refractivity contribution in [3.05, 3.63) is 29.2 Å². The molecule has 1 unspecified atom stereocenters. The van der Waals surface area contributed by atoms with Crippen LogP contribution in [0.1, 0.15) is 47.4 Å². The van der Waals surface area contributed by atoms with E-state index in [1.54, 1.807) is 10.7 Å². The molecule has 0 spiro atoms. The third-order valence-corrected chi connectivity index (χ3v) is 4.65. The van der Waals surface area contributed by atoms with Crippen molar-refractivity contribution in [2.75, 3.05) is 13.1 Å². The summed E-state index contributed by atoms with van der Waals surface area (Å²) in [6.45, 7) is 5.09. The maximum atomic E-state index is 12.9. The molecular weight excluding hydrogens is 308 g/mol. The van der Waals surface area contributed by atoms with Crippen molar-refractivity contribution >= 4 is 17.5 Å². The molecule has 0 aromatic carbocycles. The summed E-state index contributed by atoms with van der Waals surface area (Å²) in [7, 11) is 0. The number of rotatable bonds is 4. The minimum Gasteiger partial charge on any atom is -0.481 e. The lowest BCUT2D eigenvalue weighted by atomic mass is 9.93. The van der Waals surface area contributed by atoms with Gasteiger partial charge in [0.2, 0.25) is 0 Å². The highest BCUT2D eigenvalue weighted by molar-refractivity contribution is 5.95. The molecule has 7 nitrogen and oxygen atoms in total. The Morgan fingerprint density at radius 1 is 1.38 bits per heavy atom. The fraction of sp³-hybridized carbons (Fsp3) is 0.529. The lowest BCUT2D eigenvalue weighted by Crippen LogP contribution is -2.40. The summed E-state index contributed by atoms with van der Waals surface area (Å²) in [5.41, 5.74) is 2.94. The Morgan fingerprint density at radius 2 is 2.17 bits per heavy atom. The number of hydrogen-bond acceptors (Lipinski definition) is 4. The number of aromatic nitrogens is 3. The van der Waals surface area contributed by atoms with Gasteiger partial charge in [0.05, 0.1) is 17.0 Å². The van der Waals surface area contributed by atoms with Gasteiger partial charge in [-0.05, 0) is 39.0 Å². The van der Waals surface area contributed by atoms with E-state index in [4.69, 9.17) is 5.11 Å². The fourth-order valence-corrected chi connectivity index (χ4v) is 3.36. The summed E-state index contributed by atoms with van der Waals surface area (Å²) >= 11 is 0. The van der Waals surface area contributed by atoms with Gasteiger partial charge in [-0.3, -0.25) is 9.59 Å². The van der Waals surface area contributed by atoms with Crippen LogP contribution in [0.2, 0.25) is 0 Å². The van der Waals surface area contributed by atoms with Crippen LogP contribution in [0.15, 0.2) is 12.3 Å². The van der Waals surface area contributed by atoms with Crippen molar-refractivity contribution in [2.24, 2.45) is 5.92 Å². The molecule has 1 amide bonds. The molecule has 1 aliphatic heterocycles. The predicted molar refractivity (Wildman–Crippen MR) is 88.0 cm³/mol. The number of carboxylic acid groups (broad SMARTS) is 1. The van der Waals surface area contributed by atoms with Crippen molar-refractivity contribution in [1.82, 2.24) is 19.5 Å². The first-order valence-electron chi connectivity index (χ1n) is 8.28. The van der Waals surface area contributed by atoms with Crippen LogP contribution in [0.4, 0.5) is 0 Å². The zero-order valence-corrected chi connectivity index (χ0v) is 14.0. The fourth-order valence-electron chi connectivity index (χ4n) is 3.36. The first-order chi connectivity index (χ1) is 11.5. The highest BCUT2D eigenvalue weighted by Crippen LogP contribution is 2.23. The van der Waals surface area contributed by atoms with Crippen LogP contribution in [0.25, 0.3) is 5.65 Å². The van der Waals surface area contributed by atoms with E-state index in [2.05, 4.69) is 10.1 Å². The number of fused-ring (bicyclic) bond motifs is 1. The molecule has 0 saturated carbocycles. The van der Waals surface area contributed by atoms with Crippen LogP contribution < -0.4 is 0 Å². The summed E-state index contributed by atoms with van der Waals surface area (Å²) < 4.78 is 1.70. The van der Waals surface area contributed by atoms with E-state index in [0.29, 0.717) is 25.1 Å². The summed E-state index contributed by atoms with van der Waals surface area (Å²) in [4.78, 5) is 29.8. The molecule has 1 saturated heterocycles. The molecule has 0 aliphatic carbocycles. The van der Waals surface area contributed by atoms with Crippen LogP contribution in [0.5, 0.6) is 0 Å². The predicted octanol–water partition coefficient (Wildman–Crippen LogP) is 2.06. The van der Waals surface area contributed by atoms with Gasteiger partial charge in [0, 0.05) is 31.8 Å². The van der Waals surface area contributed by atoms with Crippen LogP contribution >= 0.6 is 0 Å². The van der Waals surface area contributed by atoms with Crippen molar-refractivity contribution < 1.29 is 14.7 Å². The molecule has 3 heterocycles. The molecule has 0 bridgehead atoms. The van der Waals surface area contributed by atoms with E-state index in [1.807, 2.05) is 24.8 Å². The number of hydrogen-bond donors (Lipinski definition) is 1. The smallest absolute Gasteiger partial charge is 0.303 e. The second-order valence-electron chi connectivity index (χ2n) is 6.50. The number of nitrogens with zero attached hydrogens (tertiary/aromatic N) is 4. The minimum absolute atomic E-state index is 0.0462. The Balaban J connectivity index is 1.78. The number of aliphatic carboxylic acids is 1. The van der Waals surface area contributed by atoms with Crippen molar-refractivity contribution in [1.29, 1.82) is 0 Å². The maximum Gasteiger partial charge on any atom is 0.303 e. The number of carbonyl (C=O) groups excluding carboxylic acids is 1. The van der Waals surface area contributed by atoms with Gasteiger partial charge in [0.1, 0.15) is 0 Å². The van der Waals surface area contributed by atoms with E-state index in [0.717, 1.165) is 29.9 Å². The molecule has 7 heteroatoms. The Hall–Kier alpha value is -2.44. The number of carbonyl (C=O) groups is 2. The molecule has 24 heavy (non-hydrogen) atoms. The number of piperidine rings is 1. The molecule has 2 aromatic heterocycles. The Morgan fingerprint density at radius 3 is 2.92 bits per heavy atom. The van der Waals surface area contributed by atoms with Crippen LogP contribution in [-0.2, 0) is 4.79 Å².